The molecule has 0 unspecified atom stereocenters. The highest BCUT2D eigenvalue weighted by atomic mass is 16.8. The number of Topliss-reactive ketones (excluding diaryl/α,β-unsaturated/α-hetero) is 1. The lowest BCUT2D eigenvalue weighted by atomic mass is 9.42. The number of rotatable bonds is 23. The van der Waals surface area contributed by atoms with E-state index in [2.05, 4.69) is 6.92 Å². The van der Waals surface area contributed by atoms with E-state index in [9.17, 15) is 55.5 Å². The van der Waals surface area contributed by atoms with Gasteiger partial charge < -0.3 is 136 Å². The molecule has 30 heteroatoms. The molecule has 106 heavy (non-hydrogen) atoms. The van der Waals surface area contributed by atoms with Crippen LogP contribution in [0, 0.1) is 16.7 Å². The number of esters is 1. The molecule has 0 aromatic heterocycles. The molecule has 12 rings (SSSR count). The van der Waals surface area contributed by atoms with Crippen LogP contribution < -0.4 is 0 Å². The summed E-state index contributed by atoms with van der Waals surface area (Å²) in [6.45, 7) is 15.2. The summed E-state index contributed by atoms with van der Waals surface area (Å²) in [5.74, 6) is -1.91. The number of fused-ring (bicyclic) bond motifs is 5. The van der Waals surface area contributed by atoms with Crippen molar-refractivity contribution in [1.29, 1.82) is 0 Å². The van der Waals surface area contributed by atoms with E-state index in [1.807, 2.05) is 64.1 Å². The van der Waals surface area contributed by atoms with Gasteiger partial charge in [-0.25, -0.2) is 4.79 Å². The molecule has 1 aromatic carbocycles. The smallest absolute Gasteiger partial charge is 0.331 e. The summed E-state index contributed by atoms with van der Waals surface area (Å²) in [6, 6.07) is 9.23. The molecule has 0 spiro atoms. The standard InChI is InChI=1S/C76H116O30/c1-36-65(46(79)28-56(92-36)98-45-22-23-72(8)44(27-45)21-24-75(86)53(72)34-54(100-55(81)20-19-43-17-15-14-16-18-43)73(9)74(85,42(7)78)25-26-76(73,75)87)101-58-30-48(88-10)67(38(3)94-58)103-57-29-47(80)66(37(2)93-57)102-59-31-49(89-11)68(39(4)95-59)104-60-32-50(90-12)69(40(5)96-60)105-61-33-51(91-13)70(41(6)97-61)106-71-64(84)63(83)62(82)52(35-77)99-71/h14-21,36-41,45-54,56-71,77,79-80,82-87H,22-35H2,1-13H3/b20-19+/t36-,37-,38+,39+,40-,41+,45+,46+,47+,48-,49-,50+,51-,52-,53-,54-,56+,57+,58+,59+,60+,61+,62-,63+,64-,65-,66-,67+,68+,69-,70+,71+,72+,73-,74-,75+,76-/m1/s1. The number of aliphatic hydroxyl groups excluding tert-OH is 6. The Morgan fingerprint density at radius 1 is 0.528 bits per heavy atom. The van der Waals surface area contributed by atoms with Crippen molar-refractivity contribution in [2.45, 2.75) is 353 Å². The summed E-state index contributed by atoms with van der Waals surface area (Å²) in [5, 5.41) is 103. The van der Waals surface area contributed by atoms with E-state index in [0.717, 1.165) is 11.1 Å². The molecular weight excluding hydrogens is 1390 g/mol. The Kier molecular flexibility index (Phi) is 25.9. The predicted octanol–water partition coefficient (Wildman–Crippen LogP) is 2.82. The lowest BCUT2D eigenvalue weighted by molar-refractivity contribution is -0.360. The van der Waals surface area contributed by atoms with Crippen LogP contribution in [0.5, 0.6) is 0 Å². The molecule has 9 N–H and O–H groups in total. The van der Waals surface area contributed by atoms with Gasteiger partial charge in [0.15, 0.2) is 49.8 Å². The van der Waals surface area contributed by atoms with Gasteiger partial charge in [-0.3, -0.25) is 4.79 Å². The molecule has 30 nitrogen and oxygen atoms in total. The van der Waals surface area contributed by atoms with Gasteiger partial charge in [-0.15, -0.1) is 0 Å². The second kappa shape index (κ2) is 33.4. The maximum atomic E-state index is 13.7. The van der Waals surface area contributed by atoms with Crippen molar-refractivity contribution in [2.75, 3.05) is 35.0 Å². The highest BCUT2D eigenvalue weighted by Crippen LogP contribution is 2.71. The van der Waals surface area contributed by atoms with Gasteiger partial charge >= 0.3 is 5.97 Å². The average molecular weight is 1510 g/mol. The second-order valence-electron chi connectivity index (χ2n) is 31.8. The van der Waals surface area contributed by atoms with E-state index in [0.29, 0.717) is 19.3 Å². The van der Waals surface area contributed by atoms with E-state index in [4.69, 9.17) is 90.0 Å². The minimum absolute atomic E-state index is 0.0387. The summed E-state index contributed by atoms with van der Waals surface area (Å²) in [7, 11) is 6.22. The molecule has 600 valence electrons. The summed E-state index contributed by atoms with van der Waals surface area (Å²) >= 11 is 0. The third-order valence-corrected chi connectivity index (χ3v) is 25.6. The maximum Gasteiger partial charge on any atom is 0.331 e. The van der Waals surface area contributed by atoms with E-state index < -0.39 is 236 Å². The third-order valence-electron chi connectivity index (χ3n) is 25.6. The molecule has 3 saturated carbocycles. The number of aliphatic hydroxyl groups is 9. The fourth-order valence-electron chi connectivity index (χ4n) is 19.5. The second-order valence-corrected chi connectivity index (χ2v) is 31.8. The minimum atomic E-state index is -2.08. The van der Waals surface area contributed by atoms with Crippen LogP contribution in [0.4, 0.5) is 0 Å². The van der Waals surface area contributed by atoms with E-state index in [1.165, 1.54) is 20.1 Å². The number of benzene rings is 1. The first kappa shape index (κ1) is 82.2. The fraction of sp³-hybridized carbons (Fsp3) is 0.842. The first-order valence-corrected chi connectivity index (χ1v) is 37.9. The zero-order valence-corrected chi connectivity index (χ0v) is 63.1. The number of carbonyl (C=O) groups excluding carboxylic acids is 2. The van der Waals surface area contributed by atoms with Gasteiger partial charge in [0, 0.05) is 79.0 Å². The third kappa shape index (κ3) is 15.8. The Balaban J connectivity index is 0.587. The SMILES string of the molecule is CO[C@H]1C[C@H](O[C@H]2[C@H](C)O[C@@H](O[C@H]3[C@@H](O)C[C@H](O[C@H]4[C@H](C)O[C@@H](O[C@H]5[C@@H](O)C[C@H](O[C@H]6CC[C@@]7(C)C(=CC[C@]8(O)[C@@H]7C[C@@H](OC(=O)/C=C/c7ccccc7)[C@@]7(C)[C@]8(O)CC[C@@]7(O)C(C)=O)C6)O[C@@H]5C)C[C@H]4OC)O[C@@H]3C)C[C@H]2OC)O[C@H](C)[C@H]1O[C@H]1C[C@@H](OC)[C@@H](O[C@@H]2O[C@H](CO)[C@@H](O)[C@H](O)[C@H]2O)[C@H](C)O1. The lowest BCUT2D eigenvalue weighted by Crippen LogP contribution is -2.78. The molecule has 7 heterocycles. The van der Waals surface area contributed by atoms with Crippen molar-refractivity contribution in [3.8, 4) is 0 Å². The van der Waals surface area contributed by atoms with Gasteiger partial charge in [-0.1, -0.05) is 48.9 Å². The number of ether oxygens (including phenoxy) is 19. The van der Waals surface area contributed by atoms with E-state index in [1.54, 1.807) is 48.2 Å². The first-order valence-electron chi connectivity index (χ1n) is 37.9. The molecule has 7 aliphatic heterocycles. The molecule has 0 bridgehead atoms. The Morgan fingerprint density at radius 3 is 1.41 bits per heavy atom. The van der Waals surface area contributed by atoms with Crippen LogP contribution in [0.2, 0.25) is 0 Å². The average Bonchev–Trinajstić information content (AvgIpc) is 1.41. The zero-order chi connectivity index (χ0) is 76.3. The van der Waals surface area contributed by atoms with Gasteiger partial charge in [0.2, 0.25) is 0 Å². The van der Waals surface area contributed by atoms with E-state index in [-0.39, 0.29) is 70.3 Å². The number of ketones is 1. The quantitative estimate of drug-likeness (QED) is 0.0432. The van der Waals surface area contributed by atoms with E-state index >= 15 is 0 Å². The van der Waals surface area contributed by atoms with Crippen molar-refractivity contribution in [1.82, 2.24) is 0 Å². The normalized spacial score (nSPS) is 50.0. The summed E-state index contributed by atoms with van der Waals surface area (Å²) in [6.07, 6.45) is -18.4. The highest BCUT2D eigenvalue weighted by Gasteiger charge is 2.81. The van der Waals surface area contributed by atoms with Crippen molar-refractivity contribution in [3.05, 3.63) is 53.6 Å². The van der Waals surface area contributed by atoms with Gasteiger partial charge in [-0.2, -0.15) is 0 Å². The van der Waals surface area contributed by atoms with Crippen molar-refractivity contribution < 1.29 is 146 Å². The van der Waals surface area contributed by atoms with Gasteiger partial charge in [0.25, 0.3) is 0 Å². The molecule has 0 amide bonds. The Labute approximate surface area is 619 Å². The monoisotopic (exact) mass is 1510 g/mol. The fourth-order valence-corrected chi connectivity index (χ4v) is 19.5. The van der Waals surface area contributed by atoms with Crippen molar-refractivity contribution in [3.63, 3.8) is 0 Å². The predicted molar refractivity (Wildman–Crippen MR) is 368 cm³/mol. The zero-order valence-electron chi connectivity index (χ0n) is 63.1. The van der Waals surface area contributed by atoms with Crippen LogP contribution in [0.3, 0.4) is 0 Å². The molecule has 37 atom stereocenters. The summed E-state index contributed by atoms with van der Waals surface area (Å²) < 4.78 is 119. The minimum Gasteiger partial charge on any atom is -0.458 e. The molecule has 11 aliphatic rings. The van der Waals surface area contributed by atoms with Gasteiger partial charge in [0.05, 0.1) is 91.4 Å². The van der Waals surface area contributed by atoms with Gasteiger partial charge in [-0.05, 0) is 117 Å². The molecule has 10 fully saturated rings. The Hall–Kier alpha value is -3.24. The van der Waals surface area contributed by atoms with Crippen LogP contribution in [0.1, 0.15) is 151 Å². The Bertz CT molecular complexity index is 3130. The van der Waals surface area contributed by atoms with Crippen LogP contribution in [-0.2, 0) is 99.6 Å². The topological polar surface area (TPSA) is 392 Å². The van der Waals surface area contributed by atoms with Gasteiger partial charge in [0.1, 0.15) is 83.9 Å². The summed E-state index contributed by atoms with van der Waals surface area (Å²) in [5.41, 5.74) is -6.54. The van der Waals surface area contributed by atoms with Crippen molar-refractivity contribution >= 4 is 17.8 Å². The summed E-state index contributed by atoms with van der Waals surface area (Å²) in [4.78, 5) is 27.1. The van der Waals surface area contributed by atoms with Crippen LogP contribution in [-0.4, -0.2) is 300 Å². The molecule has 7 saturated heterocycles. The number of carbonyl (C=O) groups is 2. The molecule has 0 radical (unpaired) electrons. The lowest BCUT2D eigenvalue weighted by Gasteiger charge is -2.67. The van der Waals surface area contributed by atoms with Crippen LogP contribution in [0.25, 0.3) is 6.08 Å². The molecule has 4 aliphatic carbocycles. The number of hydrogen-bond acceptors (Lipinski definition) is 30. The highest BCUT2D eigenvalue weighted by molar-refractivity contribution is 5.89. The molecular formula is C76H116O30. The van der Waals surface area contributed by atoms with Crippen molar-refractivity contribution in [2.24, 2.45) is 16.7 Å². The van der Waals surface area contributed by atoms with Crippen LogP contribution in [0.15, 0.2) is 48.1 Å². The molecule has 1 aromatic rings. The first-order chi connectivity index (χ1) is 50.3. The maximum absolute atomic E-state index is 13.7. The van der Waals surface area contributed by atoms with Crippen LogP contribution >= 0.6 is 0 Å². The largest absolute Gasteiger partial charge is 0.458 e. The number of hydrogen-bond donors (Lipinski definition) is 9. The number of methoxy groups -OCH3 is 4. The Morgan fingerprint density at radius 2 is 0.962 bits per heavy atom.